The van der Waals surface area contributed by atoms with E-state index in [4.69, 9.17) is 10.1 Å². The zero-order chi connectivity index (χ0) is 12.5. The van der Waals surface area contributed by atoms with Crippen LogP contribution in [-0.2, 0) is 11.2 Å². The molecular weight excluding hydrogens is 246 g/mol. The fraction of sp³-hybridized carbons (Fsp3) is 0.714. The van der Waals surface area contributed by atoms with E-state index >= 15 is 0 Å². The molecule has 0 atom stereocenters. The van der Waals surface area contributed by atoms with Crippen molar-refractivity contribution in [3.05, 3.63) is 15.6 Å². The molecule has 1 N–H and O–H groups in total. The number of carbonyl (C=O) groups is 1. The standard InChI is InChI=1S/C14H19NO2S/c16-12(17)8-11-13(9-6-7-9)15-14(18-11)10-4-2-1-3-5-10/h9-10H,1-8H2,(H,16,17). The van der Waals surface area contributed by atoms with Crippen molar-refractivity contribution < 1.29 is 9.90 Å². The molecule has 2 fully saturated rings. The molecule has 0 spiro atoms. The summed E-state index contributed by atoms with van der Waals surface area (Å²) in [6, 6.07) is 0. The number of rotatable bonds is 4. The molecule has 3 nitrogen and oxygen atoms in total. The van der Waals surface area contributed by atoms with Gasteiger partial charge in [-0.25, -0.2) is 4.98 Å². The normalized spacial score (nSPS) is 21.1. The van der Waals surface area contributed by atoms with E-state index in [0.29, 0.717) is 11.8 Å². The number of thiazole rings is 1. The van der Waals surface area contributed by atoms with Crippen LogP contribution in [0.15, 0.2) is 0 Å². The van der Waals surface area contributed by atoms with Gasteiger partial charge in [-0.1, -0.05) is 19.3 Å². The summed E-state index contributed by atoms with van der Waals surface area (Å²) >= 11 is 1.67. The summed E-state index contributed by atoms with van der Waals surface area (Å²) in [7, 11) is 0. The fourth-order valence-corrected chi connectivity index (χ4v) is 4.16. The third kappa shape index (κ3) is 2.58. The van der Waals surface area contributed by atoms with Crippen molar-refractivity contribution in [2.75, 3.05) is 0 Å². The van der Waals surface area contributed by atoms with Gasteiger partial charge in [0.2, 0.25) is 0 Å². The lowest BCUT2D eigenvalue weighted by Crippen LogP contribution is -2.04. The lowest BCUT2D eigenvalue weighted by atomic mass is 9.90. The molecule has 0 radical (unpaired) electrons. The zero-order valence-corrected chi connectivity index (χ0v) is 11.3. The first-order chi connectivity index (χ1) is 8.74. The first-order valence-corrected chi connectivity index (χ1v) is 7.77. The molecule has 0 amide bonds. The Morgan fingerprint density at radius 3 is 2.50 bits per heavy atom. The number of hydrogen-bond donors (Lipinski definition) is 1. The first kappa shape index (κ1) is 12.2. The number of hydrogen-bond acceptors (Lipinski definition) is 3. The Kier molecular flexibility index (Phi) is 3.37. The quantitative estimate of drug-likeness (QED) is 0.903. The predicted octanol–water partition coefficient (Wildman–Crippen LogP) is 3.70. The van der Waals surface area contributed by atoms with Crippen LogP contribution in [0.25, 0.3) is 0 Å². The molecule has 1 heterocycles. The second kappa shape index (κ2) is 5.00. The van der Waals surface area contributed by atoms with Crippen molar-refractivity contribution in [2.24, 2.45) is 0 Å². The lowest BCUT2D eigenvalue weighted by molar-refractivity contribution is -0.136. The molecule has 0 saturated heterocycles. The summed E-state index contributed by atoms with van der Waals surface area (Å²) < 4.78 is 0. The second-order valence-corrected chi connectivity index (χ2v) is 6.66. The van der Waals surface area contributed by atoms with E-state index in [1.165, 1.54) is 50.0 Å². The molecule has 0 aliphatic heterocycles. The molecule has 18 heavy (non-hydrogen) atoms. The molecule has 3 rings (SSSR count). The van der Waals surface area contributed by atoms with Gasteiger partial charge in [-0.3, -0.25) is 4.79 Å². The number of aliphatic carboxylic acids is 1. The minimum atomic E-state index is -0.726. The Balaban J connectivity index is 1.83. The van der Waals surface area contributed by atoms with Crippen molar-refractivity contribution in [1.82, 2.24) is 4.98 Å². The fourth-order valence-electron chi connectivity index (χ4n) is 2.85. The Morgan fingerprint density at radius 1 is 1.17 bits per heavy atom. The van der Waals surface area contributed by atoms with Crippen LogP contribution >= 0.6 is 11.3 Å². The highest BCUT2D eigenvalue weighted by Gasteiger charge is 2.31. The molecule has 98 valence electrons. The van der Waals surface area contributed by atoms with Gasteiger partial charge in [-0.15, -0.1) is 11.3 Å². The average molecular weight is 265 g/mol. The Labute approximate surface area is 111 Å². The lowest BCUT2D eigenvalue weighted by Gasteiger charge is -2.18. The van der Waals surface area contributed by atoms with E-state index in [1.54, 1.807) is 11.3 Å². The molecule has 1 aromatic rings. The molecule has 2 saturated carbocycles. The average Bonchev–Trinajstić information content (AvgIpc) is 3.12. The molecule has 0 unspecified atom stereocenters. The van der Waals surface area contributed by atoms with Gasteiger partial charge in [-0.2, -0.15) is 0 Å². The van der Waals surface area contributed by atoms with Gasteiger partial charge in [0, 0.05) is 16.7 Å². The summed E-state index contributed by atoms with van der Waals surface area (Å²) in [6.07, 6.45) is 8.99. The monoisotopic (exact) mass is 265 g/mol. The van der Waals surface area contributed by atoms with E-state index < -0.39 is 5.97 Å². The van der Waals surface area contributed by atoms with E-state index in [2.05, 4.69) is 0 Å². The maximum Gasteiger partial charge on any atom is 0.308 e. The predicted molar refractivity (Wildman–Crippen MR) is 71.3 cm³/mol. The maximum absolute atomic E-state index is 10.9. The molecule has 2 aliphatic carbocycles. The van der Waals surface area contributed by atoms with Gasteiger partial charge >= 0.3 is 5.97 Å². The van der Waals surface area contributed by atoms with Crippen molar-refractivity contribution in [3.63, 3.8) is 0 Å². The number of carboxylic acid groups (broad SMARTS) is 1. The maximum atomic E-state index is 10.9. The smallest absolute Gasteiger partial charge is 0.308 e. The van der Waals surface area contributed by atoms with Gasteiger partial charge < -0.3 is 5.11 Å². The van der Waals surface area contributed by atoms with E-state index in [9.17, 15) is 4.79 Å². The summed E-state index contributed by atoms with van der Waals surface area (Å²) in [5.41, 5.74) is 1.11. The Bertz CT molecular complexity index is 445. The first-order valence-electron chi connectivity index (χ1n) is 6.95. The van der Waals surface area contributed by atoms with E-state index in [0.717, 1.165) is 10.6 Å². The van der Waals surface area contributed by atoms with Crippen LogP contribution < -0.4 is 0 Å². The zero-order valence-electron chi connectivity index (χ0n) is 10.5. The highest BCUT2D eigenvalue weighted by atomic mass is 32.1. The van der Waals surface area contributed by atoms with Gasteiger partial charge in [0.05, 0.1) is 17.1 Å². The second-order valence-electron chi connectivity index (χ2n) is 5.54. The van der Waals surface area contributed by atoms with Crippen LogP contribution in [-0.4, -0.2) is 16.1 Å². The summed E-state index contributed by atoms with van der Waals surface area (Å²) in [5.74, 6) is 0.437. The van der Waals surface area contributed by atoms with Crippen LogP contribution in [0, 0.1) is 0 Å². The minimum absolute atomic E-state index is 0.163. The molecule has 1 aromatic heterocycles. The van der Waals surface area contributed by atoms with Crippen molar-refractivity contribution in [2.45, 2.75) is 63.2 Å². The van der Waals surface area contributed by atoms with Crippen LogP contribution in [0.4, 0.5) is 0 Å². The third-order valence-corrected chi connectivity index (χ3v) is 5.21. The SMILES string of the molecule is O=C(O)Cc1sc(C2CCCCC2)nc1C1CC1. The Morgan fingerprint density at radius 2 is 1.89 bits per heavy atom. The molecule has 2 aliphatic rings. The van der Waals surface area contributed by atoms with E-state index in [1.807, 2.05) is 0 Å². The number of aromatic nitrogens is 1. The minimum Gasteiger partial charge on any atom is -0.481 e. The van der Waals surface area contributed by atoms with Crippen LogP contribution in [0.3, 0.4) is 0 Å². The molecule has 0 bridgehead atoms. The van der Waals surface area contributed by atoms with Gasteiger partial charge in [-0.05, 0) is 25.7 Å². The molecule has 0 aromatic carbocycles. The van der Waals surface area contributed by atoms with Gasteiger partial charge in [0.25, 0.3) is 0 Å². The highest BCUT2D eigenvalue weighted by Crippen LogP contribution is 2.45. The van der Waals surface area contributed by atoms with E-state index in [-0.39, 0.29) is 6.42 Å². The topological polar surface area (TPSA) is 50.2 Å². The van der Waals surface area contributed by atoms with Gasteiger partial charge in [0.15, 0.2) is 0 Å². The third-order valence-electron chi connectivity index (χ3n) is 3.97. The highest BCUT2D eigenvalue weighted by molar-refractivity contribution is 7.12. The summed E-state index contributed by atoms with van der Waals surface area (Å²) in [6.45, 7) is 0. The van der Waals surface area contributed by atoms with Crippen LogP contribution in [0.1, 0.15) is 72.4 Å². The van der Waals surface area contributed by atoms with Gasteiger partial charge in [0.1, 0.15) is 0 Å². The summed E-state index contributed by atoms with van der Waals surface area (Å²) in [5, 5.41) is 10.2. The van der Waals surface area contributed by atoms with Crippen molar-refractivity contribution in [1.29, 1.82) is 0 Å². The molecule has 4 heteroatoms. The van der Waals surface area contributed by atoms with Crippen molar-refractivity contribution >= 4 is 17.3 Å². The van der Waals surface area contributed by atoms with Crippen LogP contribution in [0.2, 0.25) is 0 Å². The van der Waals surface area contributed by atoms with Crippen LogP contribution in [0.5, 0.6) is 0 Å². The molecular formula is C14H19NO2S. The summed E-state index contributed by atoms with van der Waals surface area (Å²) in [4.78, 5) is 16.8. The number of nitrogens with zero attached hydrogens (tertiary/aromatic N) is 1. The largest absolute Gasteiger partial charge is 0.481 e. The van der Waals surface area contributed by atoms with Crippen molar-refractivity contribution in [3.8, 4) is 0 Å². The number of carboxylic acids is 1. The Hall–Kier alpha value is -0.900.